The predicted molar refractivity (Wildman–Crippen MR) is 109 cm³/mol. The van der Waals surface area contributed by atoms with Gasteiger partial charge in [-0.05, 0) is 30.2 Å². The van der Waals surface area contributed by atoms with Crippen molar-refractivity contribution in [1.82, 2.24) is 10.3 Å². The Morgan fingerprint density at radius 2 is 1.78 bits per heavy atom. The molecule has 0 spiro atoms. The molecular weight excluding hydrogens is 336 g/mol. The maximum atomic E-state index is 12.3. The van der Waals surface area contributed by atoms with Gasteiger partial charge in [-0.1, -0.05) is 36.4 Å². The fourth-order valence-electron chi connectivity index (χ4n) is 3.86. The summed E-state index contributed by atoms with van der Waals surface area (Å²) in [6.45, 7) is 5.26. The fraction of sp³-hybridized carbons (Fsp3) is 0.318. The van der Waals surface area contributed by atoms with E-state index in [0.717, 1.165) is 38.1 Å². The van der Waals surface area contributed by atoms with E-state index >= 15 is 0 Å². The van der Waals surface area contributed by atoms with Crippen LogP contribution in [0.4, 0.5) is 5.69 Å². The van der Waals surface area contributed by atoms with Crippen LogP contribution in [0.25, 0.3) is 10.9 Å². The lowest BCUT2D eigenvalue weighted by Gasteiger charge is -2.33. The number of nitrogens with zero attached hydrogens (tertiary/aromatic N) is 1. The summed E-state index contributed by atoms with van der Waals surface area (Å²) in [4.78, 5) is 19.4. The first kappa shape index (κ1) is 17.6. The van der Waals surface area contributed by atoms with E-state index in [1.165, 1.54) is 21.5 Å². The smallest absolute Gasteiger partial charge is 0.275 e. The molecular formula is C22H27N4O+. The van der Waals surface area contributed by atoms with Crippen molar-refractivity contribution in [2.75, 3.05) is 44.2 Å². The normalized spacial score (nSPS) is 15.2. The molecule has 0 aliphatic carbocycles. The van der Waals surface area contributed by atoms with Gasteiger partial charge in [-0.2, -0.15) is 0 Å². The summed E-state index contributed by atoms with van der Waals surface area (Å²) in [6.07, 6.45) is 2.90. The van der Waals surface area contributed by atoms with Gasteiger partial charge in [0, 0.05) is 29.3 Å². The Hall–Kier alpha value is -2.79. The molecule has 5 heteroatoms. The number of carbonyl (C=O) groups is 1. The van der Waals surface area contributed by atoms with E-state index in [1.807, 2.05) is 18.3 Å². The Morgan fingerprint density at radius 3 is 2.59 bits per heavy atom. The van der Waals surface area contributed by atoms with Gasteiger partial charge in [-0.25, -0.2) is 0 Å². The van der Waals surface area contributed by atoms with Crippen molar-refractivity contribution >= 4 is 22.5 Å². The lowest BCUT2D eigenvalue weighted by molar-refractivity contribution is -0.892. The van der Waals surface area contributed by atoms with E-state index in [9.17, 15) is 4.79 Å². The molecule has 2 aromatic carbocycles. The lowest BCUT2D eigenvalue weighted by atomic mass is 10.1. The predicted octanol–water partition coefficient (Wildman–Crippen LogP) is 1.23. The first-order valence-corrected chi connectivity index (χ1v) is 9.75. The number of hydrogen-bond donors (Lipinski definition) is 3. The van der Waals surface area contributed by atoms with Crippen LogP contribution in [0, 0.1) is 0 Å². The molecule has 1 saturated heterocycles. The van der Waals surface area contributed by atoms with Crippen molar-refractivity contribution < 1.29 is 9.69 Å². The second kappa shape index (κ2) is 8.27. The molecule has 0 unspecified atom stereocenters. The van der Waals surface area contributed by atoms with E-state index in [0.29, 0.717) is 13.1 Å². The van der Waals surface area contributed by atoms with Crippen molar-refractivity contribution in [3.63, 3.8) is 0 Å². The Bertz CT molecular complexity index is 881. The Balaban J connectivity index is 1.20. The van der Waals surface area contributed by atoms with Gasteiger partial charge in [0.05, 0.1) is 26.2 Å². The van der Waals surface area contributed by atoms with Gasteiger partial charge in [0.25, 0.3) is 5.91 Å². The minimum Gasteiger partial charge on any atom is -0.361 e. The van der Waals surface area contributed by atoms with E-state index in [1.54, 1.807) is 0 Å². The van der Waals surface area contributed by atoms with E-state index in [2.05, 4.69) is 57.7 Å². The van der Waals surface area contributed by atoms with Crippen LogP contribution in [0.2, 0.25) is 0 Å². The highest BCUT2D eigenvalue weighted by atomic mass is 16.2. The van der Waals surface area contributed by atoms with Crippen LogP contribution in [-0.2, 0) is 11.2 Å². The number of carbonyl (C=O) groups excluding carboxylic acids is 1. The number of benzene rings is 2. The second-order valence-electron chi connectivity index (χ2n) is 7.21. The molecule has 1 fully saturated rings. The zero-order valence-electron chi connectivity index (χ0n) is 15.6. The van der Waals surface area contributed by atoms with Crippen LogP contribution in [0.5, 0.6) is 0 Å². The third-order valence-electron chi connectivity index (χ3n) is 5.39. The average molecular weight is 363 g/mol. The largest absolute Gasteiger partial charge is 0.361 e. The quantitative estimate of drug-likeness (QED) is 0.617. The number of quaternary nitrogens is 1. The van der Waals surface area contributed by atoms with Crippen molar-refractivity contribution in [3.8, 4) is 0 Å². The van der Waals surface area contributed by atoms with Crippen molar-refractivity contribution in [3.05, 3.63) is 66.4 Å². The number of aromatic nitrogens is 1. The van der Waals surface area contributed by atoms with Gasteiger partial charge in [0.15, 0.2) is 6.54 Å². The Labute approximate surface area is 160 Å². The molecule has 4 rings (SSSR count). The van der Waals surface area contributed by atoms with Gasteiger partial charge in [-0.15, -0.1) is 0 Å². The third-order valence-corrected chi connectivity index (χ3v) is 5.39. The molecule has 27 heavy (non-hydrogen) atoms. The lowest BCUT2D eigenvalue weighted by Crippen LogP contribution is -3.16. The van der Waals surface area contributed by atoms with Crippen LogP contribution in [0.15, 0.2) is 60.8 Å². The van der Waals surface area contributed by atoms with Gasteiger partial charge >= 0.3 is 0 Å². The number of rotatable bonds is 6. The summed E-state index contributed by atoms with van der Waals surface area (Å²) in [5.41, 5.74) is 3.69. The van der Waals surface area contributed by atoms with Crippen LogP contribution in [-0.4, -0.2) is 50.2 Å². The third kappa shape index (κ3) is 4.31. The highest BCUT2D eigenvalue weighted by molar-refractivity contribution is 5.83. The SMILES string of the molecule is O=C(C[NH+]1CCN(c2ccccc2)CC1)NCCc1c[nH]c2ccccc12. The number of para-hydroxylation sites is 2. The average Bonchev–Trinajstić information content (AvgIpc) is 3.12. The molecule has 1 aliphatic rings. The van der Waals surface area contributed by atoms with Crippen LogP contribution in [0.3, 0.4) is 0 Å². The number of amides is 1. The van der Waals surface area contributed by atoms with E-state index in [-0.39, 0.29) is 5.91 Å². The molecule has 1 aliphatic heterocycles. The van der Waals surface area contributed by atoms with Crippen molar-refractivity contribution in [1.29, 1.82) is 0 Å². The number of hydrogen-bond acceptors (Lipinski definition) is 2. The topological polar surface area (TPSA) is 52.6 Å². The molecule has 0 saturated carbocycles. The molecule has 3 N–H and O–H groups in total. The van der Waals surface area contributed by atoms with Crippen LogP contribution < -0.4 is 15.1 Å². The number of anilines is 1. The molecule has 0 bridgehead atoms. The van der Waals surface area contributed by atoms with Gasteiger partial charge in [0.2, 0.25) is 0 Å². The van der Waals surface area contributed by atoms with Crippen LogP contribution >= 0.6 is 0 Å². The highest BCUT2D eigenvalue weighted by Gasteiger charge is 2.22. The maximum absolute atomic E-state index is 12.3. The first-order chi connectivity index (χ1) is 13.3. The second-order valence-corrected chi connectivity index (χ2v) is 7.21. The highest BCUT2D eigenvalue weighted by Crippen LogP contribution is 2.17. The Morgan fingerprint density at radius 1 is 1.04 bits per heavy atom. The Kier molecular flexibility index (Phi) is 5.39. The van der Waals surface area contributed by atoms with Gasteiger partial charge in [-0.3, -0.25) is 4.79 Å². The monoisotopic (exact) mass is 363 g/mol. The number of nitrogens with one attached hydrogen (secondary N) is 3. The van der Waals surface area contributed by atoms with Crippen molar-refractivity contribution in [2.45, 2.75) is 6.42 Å². The molecule has 5 nitrogen and oxygen atoms in total. The minimum atomic E-state index is 0.151. The molecule has 0 radical (unpaired) electrons. The van der Waals surface area contributed by atoms with E-state index in [4.69, 9.17) is 0 Å². The van der Waals surface area contributed by atoms with Gasteiger partial charge in [0.1, 0.15) is 0 Å². The molecule has 1 aromatic heterocycles. The summed E-state index contributed by atoms with van der Waals surface area (Å²) < 4.78 is 0. The molecule has 140 valence electrons. The summed E-state index contributed by atoms with van der Waals surface area (Å²) in [6, 6.07) is 18.8. The number of aromatic amines is 1. The van der Waals surface area contributed by atoms with Gasteiger partial charge < -0.3 is 20.1 Å². The number of H-pyrrole nitrogens is 1. The van der Waals surface area contributed by atoms with Crippen LogP contribution in [0.1, 0.15) is 5.56 Å². The zero-order chi connectivity index (χ0) is 18.5. The zero-order valence-corrected chi connectivity index (χ0v) is 15.6. The number of fused-ring (bicyclic) bond motifs is 1. The molecule has 2 heterocycles. The molecule has 1 amide bonds. The standard InChI is InChI=1S/C22H26N4O/c27-22(23-11-10-18-16-24-21-9-5-4-8-20(18)21)17-25-12-14-26(15-13-25)19-6-2-1-3-7-19/h1-9,16,24H,10-15,17H2,(H,23,27)/p+1. The summed E-state index contributed by atoms with van der Waals surface area (Å²) in [7, 11) is 0. The summed E-state index contributed by atoms with van der Waals surface area (Å²) >= 11 is 0. The molecule has 0 atom stereocenters. The van der Waals surface area contributed by atoms with Crippen molar-refractivity contribution in [2.24, 2.45) is 0 Å². The summed E-state index contributed by atoms with van der Waals surface area (Å²) in [5.74, 6) is 0.151. The maximum Gasteiger partial charge on any atom is 0.275 e. The fourth-order valence-corrected chi connectivity index (χ4v) is 3.86. The van der Waals surface area contributed by atoms with E-state index < -0.39 is 0 Å². The molecule has 3 aromatic rings. The first-order valence-electron chi connectivity index (χ1n) is 9.75. The number of piperazine rings is 1. The summed E-state index contributed by atoms with van der Waals surface area (Å²) in [5, 5.41) is 4.33. The minimum absolute atomic E-state index is 0.151.